The summed E-state index contributed by atoms with van der Waals surface area (Å²) in [5.74, 6) is 0. The van der Waals surface area contributed by atoms with E-state index >= 15 is 0 Å². The Labute approximate surface area is 109 Å². The number of nitrogens with zero attached hydrogens (tertiary/aromatic N) is 2. The van der Waals surface area contributed by atoms with Gasteiger partial charge in [-0.1, -0.05) is 32.0 Å². The lowest BCUT2D eigenvalue weighted by atomic mass is 10.2. The van der Waals surface area contributed by atoms with Gasteiger partial charge < -0.3 is 0 Å². The van der Waals surface area contributed by atoms with Gasteiger partial charge in [0.2, 0.25) is 0 Å². The molecule has 0 bridgehead atoms. The van der Waals surface area contributed by atoms with E-state index < -0.39 is 0 Å². The SMILES string of the molecule is CC.Cc1cccc(N/N=C/c2cccnc2)c1. The first-order chi connectivity index (χ1) is 8.84. The third-order valence-electron chi connectivity index (χ3n) is 2.11. The largest absolute Gasteiger partial charge is 0.278 e. The Balaban J connectivity index is 0.000000771. The number of aromatic nitrogens is 1. The Morgan fingerprint density at radius 1 is 1.17 bits per heavy atom. The molecule has 0 fully saturated rings. The molecule has 3 heteroatoms. The lowest BCUT2D eigenvalue weighted by Gasteiger charge is -2.00. The zero-order chi connectivity index (χ0) is 13.2. The van der Waals surface area contributed by atoms with Gasteiger partial charge in [0.15, 0.2) is 0 Å². The van der Waals surface area contributed by atoms with Crippen molar-refractivity contribution in [1.82, 2.24) is 4.98 Å². The van der Waals surface area contributed by atoms with Crippen molar-refractivity contribution >= 4 is 11.9 Å². The van der Waals surface area contributed by atoms with E-state index in [2.05, 4.69) is 28.5 Å². The summed E-state index contributed by atoms with van der Waals surface area (Å²) in [6.45, 7) is 6.05. The highest BCUT2D eigenvalue weighted by Gasteiger charge is 1.89. The lowest BCUT2D eigenvalue weighted by molar-refractivity contribution is 1.30. The normalized spacial score (nSPS) is 9.72. The fourth-order valence-electron chi connectivity index (χ4n) is 1.35. The summed E-state index contributed by atoms with van der Waals surface area (Å²) in [7, 11) is 0. The van der Waals surface area contributed by atoms with Gasteiger partial charge in [0.1, 0.15) is 0 Å². The topological polar surface area (TPSA) is 37.3 Å². The number of hydrazone groups is 1. The summed E-state index contributed by atoms with van der Waals surface area (Å²) in [4.78, 5) is 4.01. The van der Waals surface area contributed by atoms with Crippen molar-refractivity contribution < 1.29 is 0 Å². The average molecular weight is 241 g/mol. The van der Waals surface area contributed by atoms with Crippen molar-refractivity contribution in [1.29, 1.82) is 0 Å². The number of benzene rings is 1. The zero-order valence-corrected chi connectivity index (χ0v) is 11.1. The Morgan fingerprint density at radius 3 is 2.67 bits per heavy atom. The number of nitrogens with one attached hydrogen (secondary N) is 1. The zero-order valence-electron chi connectivity index (χ0n) is 11.1. The summed E-state index contributed by atoms with van der Waals surface area (Å²) in [5.41, 5.74) is 6.15. The van der Waals surface area contributed by atoms with Crippen LogP contribution in [0.5, 0.6) is 0 Å². The van der Waals surface area contributed by atoms with Crippen molar-refractivity contribution in [2.75, 3.05) is 5.43 Å². The molecule has 0 radical (unpaired) electrons. The van der Waals surface area contributed by atoms with Crippen LogP contribution in [-0.4, -0.2) is 11.2 Å². The lowest BCUT2D eigenvalue weighted by Crippen LogP contribution is -1.91. The minimum Gasteiger partial charge on any atom is -0.278 e. The van der Waals surface area contributed by atoms with Gasteiger partial charge in [0.25, 0.3) is 0 Å². The van der Waals surface area contributed by atoms with Crippen LogP contribution in [0.15, 0.2) is 53.9 Å². The maximum Gasteiger partial charge on any atom is 0.0564 e. The average Bonchev–Trinajstić information content (AvgIpc) is 2.42. The van der Waals surface area contributed by atoms with Crippen LogP contribution in [0.2, 0.25) is 0 Å². The molecule has 0 saturated carbocycles. The molecular formula is C15H19N3. The molecule has 18 heavy (non-hydrogen) atoms. The third-order valence-corrected chi connectivity index (χ3v) is 2.11. The maximum absolute atomic E-state index is 4.14. The molecule has 0 aliphatic heterocycles. The first-order valence-electron chi connectivity index (χ1n) is 6.10. The Hall–Kier alpha value is -2.16. The molecule has 1 heterocycles. The van der Waals surface area contributed by atoms with Gasteiger partial charge in [-0.15, -0.1) is 0 Å². The van der Waals surface area contributed by atoms with Gasteiger partial charge in [-0.2, -0.15) is 5.10 Å². The van der Waals surface area contributed by atoms with E-state index in [0.717, 1.165) is 11.3 Å². The van der Waals surface area contributed by atoms with Crippen LogP contribution in [0.4, 0.5) is 5.69 Å². The van der Waals surface area contributed by atoms with Crippen LogP contribution in [0.25, 0.3) is 0 Å². The number of aryl methyl sites for hydroxylation is 1. The van der Waals surface area contributed by atoms with Crippen molar-refractivity contribution in [3.8, 4) is 0 Å². The molecule has 0 aliphatic carbocycles. The second-order valence-electron chi connectivity index (χ2n) is 3.53. The van der Waals surface area contributed by atoms with Gasteiger partial charge in [-0.05, 0) is 30.7 Å². The molecule has 1 N–H and O–H groups in total. The number of hydrogen-bond donors (Lipinski definition) is 1. The van der Waals surface area contributed by atoms with Crippen molar-refractivity contribution in [2.45, 2.75) is 20.8 Å². The van der Waals surface area contributed by atoms with E-state index in [-0.39, 0.29) is 0 Å². The van der Waals surface area contributed by atoms with Gasteiger partial charge in [-0.25, -0.2) is 0 Å². The van der Waals surface area contributed by atoms with Crippen LogP contribution in [-0.2, 0) is 0 Å². The van der Waals surface area contributed by atoms with Gasteiger partial charge >= 0.3 is 0 Å². The summed E-state index contributed by atoms with van der Waals surface area (Å²) in [6.07, 6.45) is 5.25. The predicted octanol–water partition coefficient (Wildman–Crippen LogP) is 3.86. The van der Waals surface area contributed by atoms with E-state index in [9.17, 15) is 0 Å². The smallest absolute Gasteiger partial charge is 0.0564 e. The van der Waals surface area contributed by atoms with Crippen LogP contribution in [0, 0.1) is 6.92 Å². The van der Waals surface area contributed by atoms with Crippen molar-refractivity contribution in [2.24, 2.45) is 5.10 Å². The second kappa shape index (κ2) is 8.01. The second-order valence-corrected chi connectivity index (χ2v) is 3.53. The summed E-state index contributed by atoms with van der Waals surface area (Å²) >= 11 is 0. The Morgan fingerprint density at radius 2 is 2.00 bits per heavy atom. The van der Waals surface area contributed by atoms with Gasteiger partial charge in [-0.3, -0.25) is 10.4 Å². The highest BCUT2D eigenvalue weighted by Crippen LogP contribution is 2.08. The highest BCUT2D eigenvalue weighted by molar-refractivity contribution is 5.79. The van der Waals surface area contributed by atoms with E-state index in [1.807, 2.05) is 44.2 Å². The molecule has 94 valence electrons. The molecule has 0 unspecified atom stereocenters. The number of pyridine rings is 1. The molecule has 0 atom stereocenters. The molecule has 1 aromatic heterocycles. The van der Waals surface area contributed by atoms with Crippen LogP contribution in [0.1, 0.15) is 25.0 Å². The molecule has 0 spiro atoms. The fourth-order valence-corrected chi connectivity index (χ4v) is 1.35. The number of rotatable bonds is 3. The maximum atomic E-state index is 4.14. The van der Waals surface area contributed by atoms with E-state index in [1.165, 1.54) is 5.56 Å². The van der Waals surface area contributed by atoms with Gasteiger partial charge in [0.05, 0.1) is 11.9 Å². The minimum absolute atomic E-state index is 0.975. The summed E-state index contributed by atoms with van der Waals surface area (Å²) < 4.78 is 0. The molecule has 2 aromatic rings. The fraction of sp³-hybridized carbons (Fsp3) is 0.200. The molecule has 1 aromatic carbocycles. The Kier molecular flexibility index (Phi) is 6.19. The molecule has 0 amide bonds. The van der Waals surface area contributed by atoms with Gasteiger partial charge in [0, 0.05) is 18.0 Å². The first kappa shape index (κ1) is 13.9. The summed E-state index contributed by atoms with van der Waals surface area (Å²) in [6, 6.07) is 11.9. The number of hydrogen-bond acceptors (Lipinski definition) is 3. The van der Waals surface area contributed by atoms with E-state index in [0.29, 0.717) is 0 Å². The third kappa shape index (κ3) is 4.78. The molecule has 0 aliphatic rings. The molecular weight excluding hydrogens is 222 g/mol. The van der Waals surface area contributed by atoms with Crippen LogP contribution < -0.4 is 5.43 Å². The van der Waals surface area contributed by atoms with Crippen molar-refractivity contribution in [3.63, 3.8) is 0 Å². The number of anilines is 1. The monoisotopic (exact) mass is 241 g/mol. The molecule has 2 rings (SSSR count). The molecule has 3 nitrogen and oxygen atoms in total. The van der Waals surface area contributed by atoms with Crippen LogP contribution >= 0.6 is 0 Å². The predicted molar refractivity (Wildman–Crippen MR) is 78.0 cm³/mol. The molecule has 0 saturated heterocycles. The minimum atomic E-state index is 0.975. The standard InChI is InChI=1S/C13H13N3.C2H6/c1-11-4-2-6-13(8-11)16-15-10-12-5-3-7-14-9-12;1-2/h2-10,16H,1H3;1-2H3/b15-10+;. The quantitative estimate of drug-likeness (QED) is 0.654. The Bertz CT molecular complexity index is 478. The van der Waals surface area contributed by atoms with E-state index in [1.54, 1.807) is 18.6 Å². The summed E-state index contributed by atoms with van der Waals surface area (Å²) in [5, 5.41) is 4.14. The van der Waals surface area contributed by atoms with E-state index in [4.69, 9.17) is 0 Å². The van der Waals surface area contributed by atoms with Crippen molar-refractivity contribution in [3.05, 3.63) is 59.9 Å². The highest BCUT2D eigenvalue weighted by atomic mass is 15.3. The van der Waals surface area contributed by atoms with Crippen LogP contribution in [0.3, 0.4) is 0 Å². The first-order valence-corrected chi connectivity index (χ1v) is 6.10.